The Labute approximate surface area is 261 Å². The van der Waals surface area contributed by atoms with E-state index in [0.29, 0.717) is 39.6 Å². The molecule has 4 aromatic rings. The lowest BCUT2D eigenvalue weighted by Gasteiger charge is -2.46. The number of hydrogen-bond donors (Lipinski definition) is 0. The zero-order valence-electron chi connectivity index (χ0n) is 25.5. The van der Waals surface area contributed by atoms with Crippen molar-refractivity contribution in [2.45, 2.75) is 76.9 Å². The smallest absolute Gasteiger partial charge is 0.186 e. The summed E-state index contributed by atoms with van der Waals surface area (Å²) in [5, 5.41) is 0. The molecular weight excluding hydrogens is 552 g/mol. The monoisotopic (exact) mass is 596 g/mol. The maximum atomic E-state index is 6.74. The fourth-order valence-electron chi connectivity index (χ4n) is 5.23. The van der Waals surface area contributed by atoms with Crippen LogP contribution in [0.15, 0.2) is 121 Å². The van der Waals surface area contributed by atoms with Crippen LogP contribution in [0.1, 0.15) is 42.0 Å². The van der Waals surface area contributed by atoms with Gasteiger partial charge in [0.25, 0.3) is 0 Å². The average molecular weight is 597 g/mol. The molecule has 0 amide bonds. The fourth-order valence-corrected chi connectivity index (χ4v) is 5.23. The van der Waals surface area contributed by atoms with E-state index in [9.17, 15) is 0 Å². The Morgan fingerprint density at radius 2 is 0.932 bits per heavy atom. The van der Waals surface area contributed by atoms with Gasteiger partial charge >= 0.3 is 0 Å². The van der Waals surface area contributed by atoms with E-state index in [1.165, 1.54) is 0 Å². The third-order valence-electron chi connectivity index (χ3n) is 7.62. The lowest BCUT2D eigenvalue weighted by molar-refractivity contribution is -0.328. The summed E-state index contributed by atoms with van der Waals surface area (Å²) in [6, 6.07) is 40.6. The summed E-state index contributed by atoms with van der Waals surface area (Å²) < 4.78 is 39.3. The van der Waals surface area contributed by atoms with Crippen LogP contribution in [0, 0.1) is 0 Å². The van der Waals surface area contributed by atoms with Gasteiger partial charge in [-0.25, -0.2) is 0 Å². The lowest BCUT2D eigenvalue weighted by atomic mass is 9.97. The van der Waals surface area contributed by atoms with E-state index in [4.69, 9.17) is 28.4 Å². The molecule has 1 aliphatic rings. The van der Waals surface area contributed by atoms with Crippen LogP contribution in [0.2, 0.25) is 0 Å². The molecule has 232 valence electrons. The summed E-state index contributed by atoms with van der Waals surface area (Å²) in [5.41, 5.74) is 4.31. The second-order valence-electron chi connectivity index (χ2n) is 11.1. The predicted molar refractivity (Wildman–Crippen MR) is 171 cm³/mol. The van der Waals surface area contributed by atoms with Gasteiger partial charge in [-0.2, -0.15) is 0 Å². The number of unbranched alkanes of at least 4 members (excludes halogenated alkanes) is 1. The van der Waals surface area contributed by atoms with Crippen LogP contribution in [-0.4, -0.2) is 43.9 Å². The molecule has 0 saturated carbocycles. The highest BCUT2D eigenvalue weighted by atomic mass is 16.7. The third kappa shape index (κ3) is 9.83. The maximum absolute atomic E-state index is 6.74. The summed E-state index contributed by atoms with van der Waals surface area (Å²) in [6.45, 7) is 4.70. The molecule has 6 heteroatoms. The fraction of sp³-hybridized carbons (Fsp3) is 0.368. The van der Waals surface area contributed by atoms with E-state index in [-0.39, 0.29) is 0 Å². The van der Waals surface area contributed by atoms with Crippen LogP contribution in [0.3, 0.4) is 0 Å². The molecule has 0 bridgehead atoms. The minimum Gasteiger partial charge on any atom is -0.374 e. The Balaban J connectivity index is 1.41. The van der Waals surface area contributed by atoms with Crippen molar-refractivity contribution in [3.8, 4) is 0 Å². The van der Waals surface area contributed by atoms with Crippen LogP contribution in [0.5, 0.6) is 0 Å². The summed E-state index contributed by atoms with van der Waals surface area (Å²) in [5.74, 6) is 0. The van der Waals surface area contributed by atoms with Crippen LogP contribution in [0.25, 0.3) is 0 Å². The highest BCUT2D eigenvalue weighted by Crippen LogP contribution is 2.31. The molecule has 0 unspecified atom stereocenters. The van der Waals surface area contributed by atoms with Crippen LogP contribution in [0.4, 0.5) is 0 Å². The Morgan fingerprint density at radius 1 is 0.500 bits per heavy atom. The van der Waals surface area contributed by atoms with E-state index in [0.717, 1.165) is 35.1 Å². The SMILES string of the molecule is CCCCO[C@H]1O[C@H](COCc2ccccc2)[C@@H](OCc2ccccc2)[C@H](OCc2ccccc2)[C@@H]1OCc1ccccc1. The largest absolute Gasteiger partial charge is 0.374 e. The van der Waals surface area contributed by atoms with Crippen molar-refractivity contribution in [3.63, 3.8) is 0 Å². The maximum Gasteiger partial charge on any atom is 0.186 e. The molecule has 1 heterocycles. The molecule has 6 nitrogen and oxygen atoms in total. The highest BCUT2D eigenvalue weighted by Gasteiger charge is 2.49. The van der Waals surface area contributed by atoms with Crippen molar-refractivity contribution in [2.24, 2.45) is 0 Å². The summed E-state index contributed by atoms with van der Waals surface area (Å²) in [7, 11) is 0. The minimum atomic E-state index is -0.645. The van der Waals surface area contributed by atoms with Gasteiger partial charge in [0.1, 0.15) is 24.4 Å². The third-order valence-corrected chi connectivity index (χ3v) is 7.62. The van der Waals surface area contributed by atoms with Crippen molar-refractivity contribution in [3.05, 3.63) is 144 Å². The number of hydrogen-bond acceptors (Lipinski definition) is 6. The molecule has 5 rings (SSSR count). The lowest BCUT2D eigenvalue weighted by Crippen LogP contribution is -2.61. The normalized spacial score (nSPS) is 21.7. The van der Waals surface area contributed by atoms with Crippen molar-refractivity contribution in [1.82, 2.24) is 0 Å². The highest BCUT2D eigenvalue weighted by molar-refractivity contribution is 5.16. The Bertz CT molecular complexity index is 1300. The van der Waals surface area contributed by atoms with Gasteiger partial charge in [0.2, 0.25) is 0 Å². The van der Waals surface area contributed by atoms with E-state index in [1.54, 1.807) is 0 Å². The first-order chi connectivity index (χ1) is 21.8. The Hall–Kier alpha value is -3.36. The molecule has 44 heavy (non-hydrogen) atoms. The Kier molecular flexibility index (Phi) is 13.0. The second-order valence-corrected chi connectivity index (χ2v) is 11.1. The second kappa shape index (κ2) is 17.8. The zero-order chi connectivity index (χ0) is 30.2. The van der Waals surface area contributed by atoms with Gasteiger partial charge in [-0.15, -0.1) is 0 Å². The van der Waals surface area contributed by atoms with Gasteiger partial charge in [0, 0.05) is 6.61 Å². The molecule has 0 aliphatic carbocycles. The van der Waals surface area contributed by atoms with Crippen molar-refractivity contribution < 1.29 is 28.4 Å². The van der Waals surface area contributed by atoms with Crippen LogP contribution < -0.4 is 0 Å². The molecule has 0 aromatic heterocycles. The molecule has 0 spiro atoms. The molecule has 0 radical (unpaired) electrons. The van der Waals surface area contributed by atoms with Gasteiger partial charge < -0.3 is 28.4 Å². The van der Waals surface area contributed by atoms with Gasteiger partial charge in [0.05, 0.1) is 33.0 Å². The van der Waals surface area contributed by atoms with Gasteiger partial charge in [0.15, 0.2) is 6.29 Å². The molecule has 0 N–H and O–H groups in total. The molecule has 1 fully saturated rings. The predicted octanol–water partition coefficient (Wildman–Crippen LogP) is 7.50. The summed E-state index contributed by atoms with van der Waals surface area (Å²) in [6.07, 6.45) is -0.622. The summed E-state index contributed by atoms with van der Waals surface area (Å²) in [4.78, 5) is 0. The van der Waals surface area contributed by atoms with Gasteiger partial charge in [-0.05, 0) is 28.7 Å². The number of ether oxygens (including phenoxy) is 6. The van der Waals surface area contributed by atoms with E-state index in [2.05, 4.69) is 55.5 Å². The molecular formula is C38H44O6. The van der Waals surface area contributed by atoms with Gasteiger partial charge in [-0.3, -0.25) is 0 Å². The van der Waals surface area contributed by atoms with Crippen molar-refractivity contribution >= 4 is 0 Å². The molecule has 1 aliphatic heterocycles. The summed E-state index contributed by atoms with van der Waals surface area (Å²) >= 11 is 0. The molecule has 4 aromatic carbocycles. The van der Waals surface area contributed by atoms with E-state index >= 15 is 0 Å². The molecule has 5 atom stereocenters. The molecule has 1 saturated heterocycles. The minimum absolute atomic E-state index is 0.318. The first-order valence-corrected chi connectivity index (χ1v) is 15.7. The Morgan fingerprint density at radius 3 is 1.41 bits per heavy atom. The van der Waals surface area contributed by atoms with Crippen LogP contribution >= 0.6 is 0 Å². The standard InChI is InChI=1S/C38H44O6/c1-2-3-24-40-38-37(43-28-33-22-14-7-15-23-33)36(42-27-32-20-12-6-13-21-32)35(41-26-31-18-10-5-11-19-31)34(44-38)29-39-25-30-16-8-4-9-17-30/h4-23,34-38H,2-3,24-29H2,1H3/t34-,35-,36+,37+,38+/m1/s1. The first kappa shape index (κ1) is 32.0. The van der Waals surface area contributed by atoms with E-state index in [1.807, 2.05) is 72.8 Å². The van der Waals surface area contributed by atoms with Gasteiger partial charge in [-0.1, -0.05) is 135 Å². The quantitative estimate of drug-likeness (QED) is 0.118. The number of benzene rings is 4. The first-order valence-electron chi connectivity index (χ1n) is 15.7. The van der Waals surface area contributed by atoms with Crippen molar-refractivity contribution in [2.75, 3.05) is 13.2 Å². The van der Waals surface area contributed by atoms with E-state index < -0.39 is 30.7 Å². The topological polar surface area (TPSA) is 55.4 Å². The van der Waals surface area contributed by atoms with Crippen LogP contribution in [-0.2, 0) is 54.8 Å². The number of rotatable bonds is 17. The average Bonchev–Trinajstić information content (AvgIpc) is 3.08. The van der Waals surface area contributed by atoms with Crippen molar-refractivity contribution in [1.29, 1.82) is 0 Å². The zero-order valence-corrected chi connectivity index (χ0v) is 25.5.